The predicted molar refractivity (Wildman–Crippen MR) is 107 cm³/mol. The van der Waals surface area contributed by atoms with Gasteiger partial charge in [0.05, 0.1) is 0 Å². The van der Waals surface area contributed by atoms with Gasteiger partial charge in [-0.2, -0.15) is 0 Å². The Hall–Kier alpha value is -2.33. The summed E-state index contributed by atoms with van der Waals surface area (Å²) in [4.78, 5) is 16.8. The van der Waals surface area contributed by atoms with E-state index >= 15 is 0 Å². The lowest BCUT2D eigenvalue weighted by Gasteiger charge is -2.34. The molecule has 4 nitrogen and oxygen atoms in total. The first-order chi connectivity index (χ1) is 12.4. The van der Waals surface area contributed by atoms with Crippen LogP contribution in [0, 0.1) is 0 Å². The molecule has 0 radical (unpaired) electrons. The molecule has 0 atom stereocenters. The SMILES string of the molecule is CC(C)(C)c1ccc(NC(=O)N2CCN(Cc3ccccc3)CC2)cc1. The normalized spacial score (nSPS) is 15.7. The van der Waals surface area contributed by atoms with Crippen molar-refractivity contribution in [3.05, 3.63) is 65.7 Å². The second-order valence-corrected chi connectivity index (χ2v) is 8.01. The van der Waals surface area contributed by atoms with E-state index < -0.39 is 0 Å². The Morgan fingerprint density at radius 1 is 0.923 bits per heavy atom. The van der Waals surface area contributed by atoms with E-state index in [9.17, 15) is 4.79 Å². The number of amides is 2. The van der Waals surface area contributed by atoms with Crippen LogP contribution in [-0.2, 0) is 12.0 Å². The highest BCUT2D eigenvalue weighted by Crippen LogP contribution is 2.23. The zero-order valence-corrected chi connectivity index (χ0v) is 16.0. The summed E-state index contributed by atoms with van der Waals surface area (Å²) in [6.07, 6.45) is 0. The molecule has 1 saturated heterocycles. The fourth-order valence-electron chi connectivity index (χ4n) is 3.21. The third-order valence-corrected chi connectivity index (χ3v) is 4.91. The van der Waals surface area contributed by atoms with E-state index in [0.717, 1.165) is 38.4 Å². The lowest BCUT2D eigenvalue weighted by molar-refractivity contribution is 0.143. The molecule has 0 aliphatic carbocycles. The summed E-state index contributed by atoms with van der Waals surface area (Å²) >= 11 is 0. The molecule has 0 aromatic heterocycles. The third kappa shape index (κ3) is 4.85. The molecule has 3 rings (SSSR count). The Bertz CT molecular complexity index is 711. The molecule has 1 aliphatic rings. The molecule has 1 aliphatic heterocycles. The van der Waals surface area contributed by atoms with Crippen LogP contribution in [0.4, 0.5) is 10.5 Å². The number of nitrogens with zero attached hydrogens (tertiary/aromatic N) is 2. The first kappa shape index (κ1) is 18.5. The fraction of sp³-hybridized carbons (Fsp3) is 0.409. The van der Waals surface area contributed by atoms with Gasteiger partial charge in [-0.15, -0.1) is 0 Å². The van der Waals surface area contributed by atoms with E-state index in [1.165, 1.54) is 11.1 Å². The predicted octanol–water partition coefficient (Wildman–Crippen LogP) is 4.33. The molecule has 1 fully saturated rings. The molecule has 2 amide bonds. The van der Waals surface area contributed by atoms with Crippen molar-refractivity contribution in [2.45, 2.75) is 32.7 Å². The summed E-state index contributed by atoms with van der Waals surface area (Å²) in [6.45, 7) is 10.9. The Labute approximate surface area is 156 Å². The molecule has 0 bridgehead atoms. The number of piperazine rings is 1. The Kier molecular flexibility index (Phi) is 5.62. The topological polar surface area (TPSA) is 35.6 Å². The minimum atomic E-state index is -0.00660. The number of carbonyl (C=O) groups is 1. The second-order valence-electron chi connectivity index (χ2n) is 8.01. The average molecular weight is 351 g/mol. The maximum absolute atomic E-state index is 12.5. The molecule has 1 heterocycles. The molecular weight excluding hydrogens is 322 g/mol. The maximum atomic E-state index is 12.5. The van der Waals surface area contributed by atoms with Crippen molar-refractivity contribution in [2.75, 3.05) is 31.5 Å². The van der Waals surface area contributed by atoms with Crippen molar-refractivity contribution in [3.63, 3.8) is 0 Å². The first-order valence-corrected chi connectivity index (χ1v) is 9.34. The summed E-state index contributed by atoms with van der Waals surface area (Å²) in [7, 11) is 0. The molecule has 2 aromatic carbocycles. The van der Waals surface area contributed by atoms with Crippen LogP contribution in [0.1, 0.15) is 31.9 Å². The minimum Gasteiger partial charge on any atom is -0.322 e. The fourth-order valence-corrected chi connectivity index (χ4v) is 3.21. The smallest absolute Gasteiger partial charge is 0.321 e. The summed E-state index contributed by atoms with van der Waals surface area (Å²) in [5.41, 5.74) is 3.57. The highest BCUT2D eigenvalue weighted by molar-refractivity contribution is 5.89. The van der Waals surface area contributed by atoms with Crippen LogP contribution in [-0.4, -0.2) is 42.0 Å². The maximum Gasteiger partial charge on any atom is 0.321 e. The van der Waals surface area contributed by atoms with E-state index in [4.69, 9.17) is 0 Å². The van der Waals surface area contributed by atoms with Gasteiger partial charge in [0.25, 0.3) is 0 Å². The number of carbonyl (C=O) groups excluding carboxylic acids is 1. The second kappa shape index (κ2) is 7.92. The van der Waals surface area contributed by atoms with Crippen molar-refractivity contribution in [1.82, 2.24) is 9.80 Å². The van der Waals surface area contributed by atoms with Crippen molar-refractivity contribution in [3.8, 4) is 0 Å². The largest absolute Gasteiger partial charge is 0.322 e. The summed E-state index contributed by atoms with van der Waals surface area (Å²) < 4.78 is 0. The van der Waals surface area contributed by atoms with Gasteiger partial charge >= 0.3 is 6.03 Å². The minimum absolute atomic E-state index is 0.00660. The Balaban J connectivity index is 1.49. The van der Waals surface area contributed by atoms with Gasteiger partial charge in [0.1, 0.15) is 0 Å². The van der Waals surface area contributed by atoms with E-state index in [1.54, 1.807) is 0 Å². The van der Waals surface area contributed by atoms with Gasteiger partial charge in [0, 0.05) is 38.4 Å². The van der Waals surface area contributed by atoms with Crippen LogP contribution in [0.15, 0.2) is 54.6 Å². The first-order valence-electron chi connectivity index (χ1n) is 9.34. The number of hydrogen-bond acceptors (Lipinski definition) is 2. The highest BCUT2D eigenvalue weighted by Gasteiger charge is 2.21. The van der Waals surface area contributed by atoms with E-state index in [1.807, 2.05) is 23.1 Å². The van der Waals surface area contributed by atoms with Crippen LogP contribution in [0.3, 0.4) is 0 Å². The quantitative estimate of drug-likeness (QED) is 0.893. The Morgan fingerprint density at radius 3 is 2.12 bits per heavy atom. The summed E-state index contributed by atoms with van der Waals surface area (Å²) in [5.74, 6) is 0. The van der Waals surface area contributed by atoms with Gasteiger partial charge in [-0.25, -0.2) is 4.79 Å². The van der Waals surface area contributed by atoms with E-state index in [2.05, 4.69) is 67.4 Å². The number of urea groups is 1. The molecule has 4 heteroatoms. The molecule has 138 valence electrons. The zero-order valence-electron chi connectivity index (χ0n) is 16.0. The molecule has 26 heavy (non-hydrogen) atoms. The van der Waals surface area contributed by atoms with Gasteiger partial charge in [-0.1, -0.05) is 63.2 Å². The summed E-state index contributed by atoms with van der Waals surface area (Å²) in [6, 6.07) is 18.6. The molecular formula is C22H29N3O. The number of anilines is 1. The molecule has 0 saturated carbocycles. The standard InChI is InChI=1S/C22H29N3O/c1-22(2,3)19-9-11-20(12-10-19)23-21(26)25-15-13-24(14-16-25)17-18-7-5-4-6-8-18/h4-12H,13-17H2,1-3H3,(H,23,26). The van der Waals surface area contributed by atoms with Gasteiger partial charge in [0.15, 0.2) is 0 Å². The van der Waals surface area contributed by atoms with Gasteiger partial charge in [-0.05, 0) is 28.7 Å². The highest BCUT2D eigenvalue weighted by atomic mass is 16.2. The van der Waals surface area contributed by atoms with Gasteiger partial charge in [-0.3, -0.25) is 4.90 Å². The van der Waals surface area contributed by atoms with Crippen LogP contribution in [0.5, 0.6) is 0 Å². The van der Waals surface area contributed by atoms with Gasteiger partial charge in [0.2, 0.25) is 0 Å². The van der Waals surface area contributed by atoms with Crippen molar-refractivity contribution in [1.29, 1.82) is 0 Å². The molecule has 0 unspecified atom stereocenters. The lowest BCUT2D eigenvalue weighted by atomic mass is 9.87. The molecule has 0 spiro atoms. The van der Waals surface area contributed by atoms with E-state index in [-0.39, 0.29) is 11.4 Å². The zero-order chi connectivity index (χ0) is 18.6. The van der Waals surface area contributed by atoms with Crippen LogP contribution >= 0.6 is 0 Å². The third-order valence-electron chi connectivity index (χ3n) is 4.91. The van der Waals surface area contributed by atoms with Crippen LogP contribution in [0.2, 0.25) is 0 Å². The van der Waals surface area contributed by atoms with Crippen molar-refractivity contribution < 1.29 is 4.79 Å². The van der Waals surface area contributed by atoms with Crippen molar-refractivity contribution in [2.24, 2.45) is 0 Å². The number of hydrogen-bond donors (Lipinski definition) is 1. The lowest BCUT2D eigenvalue weighted by Crippen LogP contribution is -2.49. The van der Waals surface area contributed by atoms with Crippen LogP contribution < -0.4 is 5.32 Å². The van der Waals surface area contributed by atoms with E-state index in [0.29, 0.717) is 0 Å². The van der Waals surface area contributed by atoms with Crippen molar-refractivity contribution >= 4 is 11.7 Å². The average Bonchev–Trinajstić information content (AvgIpc) is 2.63. The number of nitrogens with one attached hydrogen (secondary N) is 1. The number of rotatable bonds is 3. The monoisotopic (exact) mass is 351 g/mol. The Morgan fingerprint density at radius 2 is 1.54 bits per heavy atom. The van der Waals surface area contributed by atoms with Gasteiger partial charge < -0.3 is 10.2 Å². The molecule has 1 N–H and O–H groups in total. The van der Waals surface area contributed by atoms with Crippen LogP contribution in [0.25, 0.3) is 0 Å². The molecule has 2 aromatic rings. The summed E-state index contributed by atoms with van der Waals surface area (Å²) in [5, 5.41) is 3.02. The number of benzene rings is 2.